The molecule has 0 amide bonds. The molecule has 0 aliphatic carbocycles. The molecule has 0 aromatic carbocycles. The first-order valence-corrected chi connectivity index (χ1v) is 7.51. The summed E-state index contributed by atoms with van der Waals surface area (Å²) >= 11 is 0. The lowest BCUT2D eigenvalue weighted by atomic mass is 10.0. The summed E-state index contributed by atoms with van der Waals surface area (Å²) in [6, 6.07) is 3.68. The predicted molar refractivity (Wildman–Crippen MR) is 83.3 cm³/mol. The molecule has 1 aliphatic heterocycles. The number of carbonyl (C=O) groups is 2. The lowest BCUT2D eigenvalue weighted by Gasteiger charge is -2.18. The van der Waals surface area contributed by atoms with E-state index in [1.165, 1.54) is 14.2 Å². The molecule has 23 heavy (non-hydrogen) atoms. The lowest BCUT2D eigenvalue weighted by Crippen LogP contribution is -2.14. The number of hydrogen-bond donors (Lipinski definition) is 0. The van der Waals surface area contributed by atoms with Crippen LogP contribution < -0.4 is 0 Å². The van der Waals surface area contributed by atoms with Crippen LogP contribution in [0.1, 0.15) is 39.3 Å². The molecular formula is C17H18N2O4. The molecule has 3 rings (SSSR count). The van der Waals surface area contributed by atoms with E-state index in [-0.39, 0.29) is 5.56 Å². The highest BCUT2D eigenvalue weighted by atomic mass is 16.5. The van der Waals surface area contributed by atoms with Crippen molar-refractivity contribution in [2.45, 2.75) is 25.8 Å². The van der Waals surface area contributed by atoms with Crippen molar-refractivity contribution in [2.75, 3.05) is 14.2 Å². The van der Waals surface area contributed by atoms with E-state index in [1.54, 1.807) is 18.5 Å². The predicted octanol–water partition coefficient (Wildman–Crippen LogP) is 2.46. The molecule has 0 spiro atoms. The third-order valence-corrected chi connectivity index (χ3v) is 4.13. The Hall–Kier alpha value is -2.63. The maximum Gasteiger partial charge on any atom is 0.340 e. The van der Waals surface area contributed by atoms with Crippen LogP contribution in [0.4, 0.5) is 0 Å². The fourth-order valence-electron chi connectivity index (χ4n) is 3.16. The molecule has 6 nitrogen and oxygen atoms in total. The largest absolute Gasteiger partial charge is 0.465 e. The van der Waals surface area contributed by atoms with Gasteiger partial charge in [0.1, 0.15) is 5.56 Å². The van der Waals surface area contributed by atoms with Gasteiger partial charge in [0.2, 0.25) is 0 Å². The fraction of sp³-hybridized carbons (Fsp3) is 0.353. The van der Waals surface area contributed by atoms with Crippen molar-refractivity contribution in [1.82, 2.24) is 9.55 Å². The first kappa shape index (κ1) is 15.3. The van der Waals surface area contributed by atoms with Crippen LogP contribution in [0.3, 0.4) is 0 Å². The van der Waals surface area contributed by atoms with Gasteiger partial charge in [0.05, 0.1) is 25.5 Å². The molecule has 2 aromatic rings. The molecule has 0 N–H and O–H groups in total. The number of carbonyl (C=O) groups excluding carboxylic acids is 2. The van der Waals surface area contributed by atoms with Gasteiger partial charge in [0, 0.05) is 30.2 Å². The van der Waals surface area contributed by atoms with Gasteiger partial charge in [-0.25, -0.2) is 9.59 Å². The van der Waals surface area contributed by atoms with Gasteiger partial charge in [-0.05, 0) is 31.4 Å². The van der Waals surface area contributed by atoms with Gasteiger partial charge in [-0.1, -0.05) is 0 Å². The number of methoxy groups -OCH3 is 2. The molecule has 0 saturated heterocycles. The average molecular weight is 314 g/mol. The molecule has 0 fully saturated rings. The Morgan fingerprint density at radius 3 is 2.52 bits per heavy atom. The third kappa shape index (κ3) is 2.50. The Labute approximate surface area is 134 Å². The van der Waals surface area contributed by atoms with Crippen LogP contribution in [-0.4, -0.2) is 35.7 Å². The van der Waals surface area contributed by atoms with Crippen molar-refractivity contribution in [3.63, 3.8) is 0 Å². The Balaban J connectivity index is 2.35. The summed E-state index contributed by atoms with van der Waals surface area (Å²) in [7, 11) is 2.63. The highest BCUT2D eigenvalue weighted by Crippen LogP contribution is 2.35. The van der Waals surface area contributed by atoms with E-state index in [9.17, 15) is 9.59 Å². The first-order chi connectivity index (χ1) is 11.2. The van der Waals surface area contributed by atoms with Gasteiger partial charge in [0.15, 0.2) is 0 Å². The smallest absolute Gasteiger partial charge is 0.340 e. The summed E-state index contributed by atoms with van der Waals surface area (Å²) in [4.78, 5) is 28.8. The Kier molecular flexibility index (Phi) is 4.14. The number of aromatic nitrogens is 2. The molecule has 0 saturated carbocycles. The standard InChI is InChI=1S/C17H18N2O4/c1-22-16(20)13-12-7-3-4-9-19(12)15(14(13)17(21)23-2)11-6-5-8-18-10-11/h5-6,8,10H,3-4,7,9H2,1-2H3. The minimum atomic E-state index is -0.536. The molecule has 0 unspecified atom stereocenters. The zero-order valence-corrected chi connectivity index (χ0v) is 13.2. The van der Waals surface area contributed by atoms with Crippen molar-refractivity contribution in [2.24, 2.45) is 0 Å². The van der Waals surface area contributed by atoms with Crippen LogP contribution in [0, 0.1) is 0 Å². The SMILES string of the molecule is COC(=O)c1c(C(=O)OC)c(-c2cccnc2)n2c1CCCC2. The fourth-order valence-corrected chi connectivity index (χ4v) is 3.16. The quantitative estimate of drug-likeness (QED) is 0.814. The van der Waals surface area contributed by atoms with E-state index in [0.29, 0.717) is 11.3 Å². The highest BCUT2D eigenvalue weighted by molar-refractivity contribution is 6.08. The van der Waals surface area contributed by atoms with E-state index in [2.05, 4.69) is 4.98 Å². The second-order valence-electron chi connectivity index (χ2n) is 5.38. The van der Waals surface area contributed by atoms with Crippen LogP contribution in [0.25, 0.3) is 11.3 Å². The van der Waals surface area contributed by atoms with E-state index in [4.69, 9.17) is 9.47 Å². The van der Waals surface area contributed by atoms with Crippen molar-refractivity contribution in [3.8, 4) is 11.3 Å². The summed E-state index contributed by atoms with van der Waals surface area (Å²) in [6.07, 6.45) is 6.05. The summed E-state index contributed by atoms with van der Waals surface area (Å²) in [5.41, 5.74) is 2.88. The zero-order chi connectivity index (χ0) is 16.4. The first-order valence-electron chi connectivity index (χ1n) is 7.51. The number of nitrogens with zero attached hydrogens (tertiary/aromatic N) is 2. The van der Waals surface area contributed by atoms with Gasteiger partial charge >= 0.3 is 11.9 Å². The minimum Gasteiger partial charge on any atom is -0.465 e. The molecule has 6 heteroatoms. The monoisotopic (exact) mass is 314 g/mol. The number of fused-ring (bicyclic) bond motifs is 1. The van der Waals surface area contributed by atoms with E-state index < -0.39 is 11.9 Å². The maximum atomic E-state index is 12.4. The Morgan fingerprint density at radius 1 is 1.13 bits per heavy atom. The summed E-state index contributed by atoms with van der Waals surface area (Å²) in [5, 5.41) is 0. The van der Waals surface area contributed by atoms with E-state index in [1.807, 2.05) is 10.6 Å². The van der Waals surface area contributed by atoms with Crippen LogP contribution >= 0.6 is 0 Å². The highest BCUT2D eigenvalue weighted by Gasteiger charge is 2.33. The number of pyridine rings is 1. The summed E-state index contributed by atoms with van der Waals surface area (Å²) < 4.78 is 11.9. The normalized spacial score (nSPS) is 13.3. The zero-order valence-electron chi connectivity index (χ0n) is 13.2. The van der Waals surface area contributed by atoms with Crippen LogP contribution in [0.2, 0.25) is 0 Å². The van der Waals surface area contributed by atoms with Crippen molar-refractivity contribution in [1.29, 1.82) is 0 Å². The molecular weight excluding hydrogens is 296 g/mol. The van der Waals surface area contributed by atoms with Gasteiger partial charge in [0.25, 0.3) is 0 Å². The van der Waals surface area contributed by atoms with E-state index in [0.717, 1.165) is 37.1 Å². The number of rotatable bonds is 3. The second-order valence-corrected chi connectivity index (χ2v) is 5.38. The number of hydrogen-bond acceptors (Lipinski definition) is 5. The number of ether oxygens (including phenoxy) is 2. The van der Waals surface area contributed by atoms with Crippen molar-refractivity contribution < 1.29 is 19.1 Å². The number of esters is 2. The molecule has 3 heterocycles. The van der Waals surface area contributed by atoms with Gasteiger partial charge in [-0.2, -0.15) is 0 Å². The maximum absolute atomic E-state index is 12.4. The van der Waals surface area contributed by atoms with Crippen LogP contribution in [-0.2, 0) is 22.4 Å². The Bertz CT molecular complexity index is 750. The summed E-state index contributed by atoms with van der Waals surface area (Å²) in [5.74, 6) is -1.04. The van der Waals surface area contributed by atoms with E-state index >= 15 is 0 Å². The van der Waals surface area contributed by atoms with Crippen LogP contribution in [0.15, 0.2) is 24.5 Å². The summed E-state index contributed by atoms with van der Waals surface area (Å²) in [6.45, 7) is 0.751. The minimum absolute atomic E-state index is 0.268. The van der Waals surface area contributed by atoms with Gasteiger partial charge in [-0.3, -0.25) is 4.98 Å². The molecule has 0 radical (unpaired) electrons. The molecule has 2 aromatic heterocycles. The topological polar surface area (TPSA) is 70.4 Å². The molecule has 0 atom stereocenters. The second kappa shape index (κ2) is 6.24. The van der Waals surface area contributed by atoms with Crippen LogP contribution in [0.5, 0.6) is 0 Å². The average Bonchev–Trinajstić information content (AvgIpc) is 2.96. The van der Waals surface area contributed by atoms with Crippen molar-refractivity contribution >= 4 is 11.9 Å². The lowest BCUT2D eigenvalue weighted by molar-refractivity contribution is 0.0556. The molecule has 0 bridgehead atoms. The Morgan fingerprint density at radius 2 is 1.87 bits per heavy atom. The molecule has 120 valence electrons. The third-order valence-electron chi connectivity index (χ3n) is 4.13. The molecule has 1 aliphatic rings. The van der Waals surface area contributed by atoms with Gasteiger partial charge < -0.3 is 14.0 Å². The van der Waals surface area contributed by atoms with Gasteiger partial charge in [-0.15, -0.1) is 0 Å². The van der Waals surface area contributed by atoms with Crippen molar-refractivity contribution in [3.05, 3.63) is 41.3 Å².